The molecule has 0 bridgehead atoms. The molecule has 0 saturated heterocycles. The first-order valence-corrected chi connectivity index (χ1v) is 4.15. The second kappa shape index (κ2) is 4.12. The minimum absolute atomic E-state index is 0.402. The van der Waals surface area contributed by atoms with Crippen molar-refractivity contribution in [3.63, 3.8) is 0 Å². The number of ether oxygens (including phenoxy) is 1. The molecule has 12 heavy (non-hydrogen) atoms. The molecule has 1 aromatic carbocycles. The predicted octanol–water partition coefficient (Wildman–Crippen LogP) is 2.14. The van der Waals surface area contributed by atoms with Gasteiger partial charge in [0.2, 0.25) is 0 Å². The zero-order chi connectivity index (χ0) is 8.97. The summed E-state index contributed by atoms with van der Waals surface area (Å²) in [5.41, 5.74) is 0.915. The minimum Gasteiger partial charge on any atom is -0.494 e. The van der Waals surface area contributed by atoms with E-state index in [-0.39, 0.29) is 0 Å². The van der Waals surface area contributed by atoms with Gasteiger partial charge in [-0.3, -0.25) is 0 Å². The van der Waals surface area contributed by atoms with Crippen LogP contribution in [0.4, 0.5) is 0 Å². The lowest BCUT2D eigenvalue weighted by molar-refractivity contribution is 0.199. The standard InChI is InChI=1S/C10H14O2/c1-3-12-10-6-4-9(5-7-10)8(2)11/h4-8,11H,3H2,1-2H3/t8-/m1/s1. The summed E-state index contributed by atoms with van der Waals surface area (Å²) in [5.74, 6) is 0.849. The van der Waals surface area contributed by atoms with Crippen LogP contribution in [-0.2, 0) is 0 Å². The SMILES string of the molecule is CCOc1ccc([C@@H](C)O)cc1. The Bertz CT molecular complexity index is 226. The second-order valence-corrected chi connectivity index (χ2v) is 2.68. The van der Waals surface area contributed by atoms with Crippen molar-refractivity contribution >= 4 is 0 Å². The zero-order valence-corrected chi connectivity index (χ0v) is 7.45. The van der Waals surface area contributed by atoms with Crippen molar-refractivity contribution in [2.24, 2.45) is 0 Å². The van der Waals surface area contributed by atoms with Crippen LogP contribution in [0.25, 0.3) is 0 Å². The van der Waals surface area contributed by atoms with E-state index < -0.39 is 6.10 Å². The number of aliphatic hydroxyl groups excluding tert-OH is 1. The first kappa shape index (κ1) is 9.07. The van der Waals surface area contributed by atoms with Gasteiger partial charge in [0.05, 0.1) is 12.7 Å². The lowest BCUT2D eigenvalue weighted by atomic mass is 10.1. The maximum absolute atomic E-state index is 9.20. The van der Waals surface area contributed by atoms with E-state index in [0.29, 0.717) is 6.61 Å². The molecule has 1 rings (SSSR count). The smallest absolute Gasteiger partial charge is 0.119 e. The third-order valence-electron chi connectivity index (χ3n) is 1.67. The molecule has 0 aliphatic carbocycles. The van der Waals surface area contributed by atoms with Crippen molar-refractivity contribution in [1.29, 1.82) is 0 Å². The number of benzene rings is 1. The van der Waals surface area contributed by atoms with Gasteiger partial charge in [0.25, 0.3) is 0 Å². The first-order chi connectivity index (χ1) is 5.74. The Morgan fingerprint density at radius 1 is 1.33 bits per heavy atom. The molecular formula is C10H14O2. The highest BCUT2D eigenvalue weighted by Crippen LogP contribution is 2.16. The van der Waals surface area contributed by atoms with Gasteiger partial charge in [0, 0.05) is 0 Å². The van der Waals surface area contributed by atoms with Gasteiger partial charge >= 0.3 is 0 Å². The maximum Gasteiger partial charge on any atom is 0.119 e. The highest BCUT2D eigenvalue weighted by Gasteiger charge is 1.99. The molecule has 0 heterocycles. The molecule has 1 N–H and O–H groups in total. The molecule has 0 aromatic heterocycles. The molecule has 0 radical (unpaired) electrons. The highest BCUT2D eigenvalue weighted by molar-refractivity contribution is 5.28. The predicted molar refractivity (Wildman–Crippen MR) is 48.2 cm³/mol. The molecule has 0 aliphatic heterocycles. The second-order valence-electron chi connectivity index (χ2n) is 2.68. The Kier molecular flexibility index (Phi) is 3.11. The normalized spacial score (nSPS) is 12.6. The maximum atomic E-state index is 9.20. The third-order valence-corrected chi connectivity index (χ3v) is 1.67. The van der Waals surface area contributed by atoms with Gasteiger partial charge in [0.15, 0.2) is 0 Å². The van der Waals surface area contributed by atoms with E-state index in [0.717, 1.165) is 11.3 Å². The molecular weight excluding hydrogens is 152 g/mol. The van der Waals surface area contributed by atoms with E-state index in [9.17, 15) is 5.11 Å². The van der Waals surface area contributed by atoms with Gasteiger partial charge in [-0.2, -0.15) is 0 Å². The largest absolute Gasteiger partial charge is 0.494 e. The van der Waals surface area contributed by atoms with Gasteiger partial charge in [-0.05, 0) is 31.5 Å². The molecule has 0 spiro atoms. The summed E-state index contributed by atoms with van der Waals surface area (Å²) in [7, 11) is 0. The van der Waals surface area contributed by atoms with Crippen LogP contribution >= 0.6 is 0 Å². The van der Waals surface area contributed by atoms with Crippen molar-refractivity contribution in [3.05, 3.63) is 29.8 Å². The summed E-state index contributed by atoms with van der Waals surface area (Å²) in [4.78, 5) is 0. The Morgan fingerprint density at radius 3 is 2.33 bits per heavy atom. The monoisotopic (exact) mass is 166 g/mol. The van der Waals surface area contributed by atoms with E-state index in [4.69, 9.17) is 4.74 Å². The summed E-state index contributed by atoms with van der Waals surface area (Å²) in [6.45, 7) is 4.37. The number of hydrogen-bond acceptors (Lipinski definition) is 2. The summed E-state index contributed by atoms with van der Waals surface area (Å²) in [6.07, 6.45) is -0.402. The Hall–Kier alpha value is -1.02. The zero-order valence-electron chi connectivity index (χ0n) is 7.45. The van der Waals surface area contributed by atoms with Gasteiger partial charge < -0.3 is 9.84 Å². The van der Waals surface area contributed by atoms with Crippen molar-refractivity contribution in [3.8, 4) is 5.75 Å². The minimum atomic E-state index is -0.402. The number of hydrogen-bond donors (Lipinski definition) is 1. The number of rotatable bonds is 3. The summed E-state index contributed by atoms with van der Waals surface area (Å²) < 4.78 is 5.26. The molecule has 2 heteroatoms. The first-order valence-electron chi connectivity index (χ1n) is 4.15. The van der Waals surface area contributed by atoms with Crippen LogP contribution < -0.4 is 4.74 Å². The third kappa shape index (κ3) is 2.24. The molecule has 1 aromatic rings. The average Bonchev–Trinajstić information content (AvgIpc) is 2.06. The lowest BCUT2D eigenvalue weighted by Gasteiger charge is -2.06. The lowest BCUT2D eigenvalue weighted by Crippen LogP contribution is -1.93. The Labute approximate surface area is 72.8 Å². The van der Waals surface area contributed by atoms with Gasteiger partial charge in [0.1, 0.15) is 5.75 Å². The fourth-order valence-electron chi connectivity index (χ4n) is 1.01. The molecule has 2 nitrogen and oxygen atoms in total. The summed E-state index contributed by atoms with van der Waals surface area (Å²) in [5, 5.41) is 9.20. The fourth-order valence-corrected chi connectivity index (χ4v) is 1.01. The molecule has 0 unspecified atom stereocenters. The van der Waals surface area contributed by atoms with Crippen LogP contribution in [-0.4, -0.2) is 11.7 Å². The topological polar surface area (TPSA) is 29.5 Å². The summed E-state index contributed by atoms with van der Waals surface area (Å²) in [6, 6.07) is 7.47. The van der Waals surface area contributed by atoms with Crippen molar-refractivity contribution in [2.75, 3.05) is 6.61 Å². The van der Waals surface area contributed by atoms with E-state index in [1.807, 2.05) is 31.2 Å². The Morgan fingerprint density at radius 2 is 1.92 bits per heavy atom. The summed E-state index contributed by atoms with van der Waals surface area (Å²) >= 11 is 0. The van der Waals surface area contributed by atoms with Crippen LogP contribution in [0, 0.1) is 0 Å². The van der Waals surface area contributed by atoms with E-state index >= 15 is 0 Å². The fraction of sp³-hybridized carbons (Fsp3) is 0.400. The van der Waals surface area contributed by atoms with Gasteiger partial charge in [-0.15, -0.1) is 0 Å². The van der Waals surface area contributed by atoms with Crippen LogP contribution in [0.5, 0.6) is 5.75 Å². The number of aliphatic hydroxyl groups is 1. The molecule has 1 atom stereocenters. The van der Waals surface area contributed by atoms with Crippen LogP contribution in [0.1, 0.15) is 25.5 Å². The molecule has 66 valence electrons. The van der Waals surface area contributed by atoms with Crippen LogP contribution in [0.2, 0.25) is 0 Å². The Balaban J connectivity index is 2.71. The molecule has 0 aliphatic rings. The van der Waals surface area contributed by atoms with Gasteiger partial charge in [-0.25, -0.2) is 0 Å². The molecule has 0 amide bonds. The van der Waals surface area contributed by atoms with Crippen LogP contribution in [0.15, 0.2) is 24.3 Å². The van der Waals surface area contributed by atoms with Gasteiger partial charge in [-0.1, -0.05) is 12.1 Å². The van der Waals surface area contributed by atoms with Crippen molar-refractivity contribution in [2.45, 2.75) is 20.0 Å². The van der Waals surface area contributed by atoms with Crippen molar-refractivity contribution < 1.29 is 9.84 Å². The highest BCUT2D eigenvalue weighted by atomic mass is 16.5. The van der Waals surface area contributed by atoms with Crippen molar-refractivity contribution in [1.82, 2.24) is 0 Å². The quantitative estimate of drug-likeness (QED) is 0.745. The van der Waals surface area contributed by atoms with E-state index in [2.05, 4.69) is 0 Å². The van der Waals surface area contributed by atoms with E-state index in [1.165, 1.54) is 0 Å². The average molecular weight is 166 g/mol. The molecule has 0 saturated carbocycles. The molecule has 0 fully saturated rings. The van der Waals surface area contributed by atoms with Crippen LogP contribution in [0.3, 0.4) is 0 Å². The van der Waals surface area contributed by atoms with E-state index in [1.54, 1.807) is 6.92 Å².